The maximum Gasteiger partial charge on any atom is 0.340 e. The summed E-state index contributed by atoms with van der Waals surface area (Å²) in [7, 11) is 1.20. The molecule has 4 rings (SSSR count). The third-order valence-corrected chi connectivity index (χ3v) is 5.18. The Morgan fingerprint density at radius 2 is 1.90 bits per heavy atom. The first-order valence-electron chi connectivity index (χ1n) is 9.30. The smallest absolute Gasteiger partial charge is 0.340 e. The van der Waals surface area contributed by atoms with Crippen molar-refractivity contribution in [2.45, 2.75) is 13.8 Å². The summed E-state index contributed by atoms with van der Waals surface area (Å²) in [5.74, 6) is -1.87. The number of aromatic nitrogens is 2. The molecule has 1 aliphatic rings. The molecule has 6 nitrogen and oxygen atoms in total. The van der Waals surface area contributed by atoms with Gasteiger partial charge in [-0.1, -0.05) is 0 Å². The number of imidazole rings is 1. The molecular weight excluding hydrogens is 380 g/mol. The Hall–Kier alpha value is -3.00. The van der Waals surface area contributed by atoms with Crippen LogP contribution in [0.25, 0.3) is 16.8 Å². The summed E-state index contributed by atoms with van der Waals surface area (Å²) in [6.07, 6.45) is 1.62. The van der Waals surface area contributed by atoms with Crippen LogP contribution >= 0.6 is 0 Å². The fourth-order valence-corrected chi connectivity index (χ4v) is 3.65. The third kappa shape index (κ3) is 3.33. The van der Waals surface area contributed by atoms with Gasteiger partial charge in [-0.15, -0.1) is 0 Å². The molecule has 0 unspecified atom stereocenters. The monoisotopic (exact) mass is 401 g/mol. The Morgan fingerprint density at radius 1 is 1.17 bits per heavy atom. The van der Waals surface area contributed by atoms with Crippen LogP contribution in [0.1, 0.15) is 21.6 Å². The van der Waals surface area contributed by atoms with E-state index in [9.17, 15) is 13.6 Å². The second-order valence-corrected chi connectivity index (χ2v) is 7.03. The Kier molecular flexibility index (Phi) is 4.96. The van der Waals surface area contributed by atoms with Crippen molar-refractivity contribution in [3.05, 3.63) is 53.0 Å². The number of nitrogens with zero attached hydrogens (tertiary/aromatic N) is 3. The summed E-state index contributed by atoms with van der Waals surface area (Å²) in [4.78, 5) is 18.4. The molecule has 0 bridgehead atoms. The van der Waals surface area contributed by atoms with Gasteiger partial charge in [0.05, 0.1) is 37.3 Å². The summed E-state index contributed by atoms with van der Waals surface area (Å²) in [5, 5.41) is 0. The molecule has 0 N–H and O–H groups in total. The highest BCUT2D eigenvalue weighted by molar-refractivity contribution is 5.92. The minimum Gasteiger partial charge on any atom is -0.465 e. The first-order chi connectivity index (χ1) is 13.9. The number of esters is 1. The molecule has 0 spiro atoms. The van der Waals surface area contributed by atoms with Gasteiger partial charge in [0.1, 0.15) is 5.82 Å². The Morgan fingerprint density at radius 3 is 2.59 bits per heavy atom. The highest BCUT2D eigenvalue weighted by atomic mass is 19.1. The van der Waals surface area contributed by atoms with Crippen molar-refractivity contribution in [3.63, 3.8) is 0 Å². The van der Waals surface area contributed by atoms with Gasteiger partial charge in [-0.05, 0) is 43.2 Å². The van der Waals surface area contributed by atoms with Gasteiger partial charge in [0.25, 0.3) is 0 Å². The van der Waals surface area contributed by atoms with Crippen LogP contribution < -0.4 is 4.90 Å². The molecule has 1 aliphatic heterocycles. The zero-order valence-corrected chi connectivity index (χ0v) is 16.5. The molecule has 0 radical (unpaired) electrons. The topological polar surface area (TPSA) is 56.1 Å². The number of hydrogen-bond acceptors (Lipinski definition) is 5. The summed E-state index contributed by atoms with van der Waals surface area (Å²) in [5.41, 5.74) is 3.30. The van der Waals surface area contributed by atoms with Crippen LogP contribution in [0.5, 0.6) is 0 Å². The SMILES string of the molecule is COC(=O)c1cc(-c2cc(N3CCOCC3)c3nc(C)c(F)n3c2)c(C)cc1F. The number of carbonyl (C=O) groups excluding carboxylic acids is 1. The fraction of sp³-hybridized carbons (Fsp3) is 0.333. The van der Waals surface area contributed by atoms with E-state index in [1.165, 1.54) is 23.6 Å². The predicted molar refractivity (Wildman–Crippen MR) is 104 cm³/mol. The first kappa shape index (κ1) is 19.3. The normalized spacial score (nSPS) is 14.4. The summed E-state index contributed by atoms with van der Waals surface area (Å²) in [6, 6.07) is 4.63. The molecule has 1 saturated heterocycles. The van der Waals surface area contributed by atoms with E-state index in [0.717, 1.165) is 5.69 Å². The number of rotatable bonds is 3. The molecule has 3 heterocycles. The van der Waals surface area contributed by atoms with Gasteiger partial charge in [-0.2, -0.15) is 4.39 Å². The van der Waals surface area contributed by atoms with Crippen molar-refractivity contribution in [2.24, 2.45) is 0 Å². The lowest BCUT2D eigenvalue weighted by atomic mass is 9.98. The van der Waals surface area contributed by atoms with Crippen LogP contribution in [0.4, 0.5) is 14.5 Å². The standard InChI is InChI=1S/C21H21F2N3O3/c1-12-8-17(22)16(21(27)28-3)10-15(12)14-9-18(25-4-6-29-7-5-25)20-24-13(2)19(23)26(20)11-14/h8-11H,4-7H2,1-3H3. The average molecular weight is 401 g/mol. The van der Waals surface area contributed by atoms with Crippen molar-refractivity contribution in [3.8, 4) is 11.1 Å². The van der Waals surface area contributed by atoms with Crippen LogP contribution in [-0.2, 0) is 9.47 Å². The minimum atomic E-state index is -0.761. The maximum absolute atomic E-state index is 14.8. The number of benzene rings is 1. The highest BCUT2D eigenvalue weighted by Crippen LogP contribution is 2.33. The van der Waals surface area contributed by atoms with Gasteiger partial charge in [-0.3, -0.25) is 4.40 Å². The lowest BCUT2D eigenvalue weighted by Gasteiger charge is -2.29. The number of fused-ring (bicyclic) bond motifs is 1. The first-order valence-corrected chi connectivity index (χ1v) is 9.30. The van der Waals surface area contributed by atoms with E-state index in [2.05, 4.69) is 14.6 Å². The van der Waals surface area contributed by atoms with E-state index >= 15 is 0 Å². The number of morpholine rings is 1. The van der Waals surface area contributed by atoms with Crippen LogP contribution in [0, 0.1) is 25.6 Å². The molecule has 0 saturated carbocycles. The number of carbonyl (C=O) groups is 1. The van der Waals surface area contributed by atoms with Crippen molar-refractivity contribution < 1.29 is 23.0 Å². The van der Waals surface area contributed by atoms with Gasteiger partial charge < -0.3 is 14.4 Å². The summed E-state index contributed by atoms with van der Waals surface area (Å²) < 4.78 is 40.5. The second kappa shape index (κ2) is 7.44. The van der Waals surface area contributed by atoms with E-state index in [0.29, 0.717) is 54.3 Å². The molecule has 152 valence electrons. The number of aryl methyl sites for hydroxylation is 2. The largest absolute Gasteiger partial charge is 0.465 e. The molecule has 1 fully saturated rings. The van der Waals surface area contributed by atoms with E-state index in [1.54, 1.807) is 20.0 Å². The molecule has 0 aliphatic carbocycles. The van der Waals surface area contributed by atoms with Crippen molar-refractivity contribution in [1.82, 2.24) is 9.38 Å². The van der Waals surface area contributed by atoms with Crippen LogP contribution in [0.3, 0.4) is 0 Å². The number of methoxy groups -OCH3 is 1. The van der Waals surface area contributed by atoms with Gasteiger partial charge in [0, 0.05) is 24.8 Å². The molecule has 2 aromatic heterocycles. The average Bonchev–Trinajstić information content (AvgIpc) is 3.01. The maximum atomic E-state index is 14.8. The van der Waals surface area contributed by atoms with Gasteiger partial charge >= 0.3 is 5.97 Å². The van der Waals surface area contributed by atoms with Crippen molar-refractivity contribution in [2.75, 3.05) is 38.3 Å². The molecule has 1 aromatic carbocycles. The van der Waals surface area contributed by atoms with Gasteiger partial charge in [-0.25, -0.2) is 14.2 Å². The second-order valence-electron chi connectivity index (χ2n) is 7.03. The highest BCUT2D eigenvalue weighted by Gasteiger charge is 2.22. The number of hydrogen-bond donors (Lipinski definition) is 0. The number of halogens is 2. The lowest BCUT2D eigenvalue weighted by molar-refractivity contribution is 0.0595. The Labute approximate surface area is 166 Å². The zero-order valence-electron chi connectivity index (χ0n) is 16.5. The number of pyridine rings is 1. The number of ether oxygens (including phenoxy) is 2. The number of anilines is 1. The van der Waals surface area contributed by atoms with Crippen LogP contribution in [0.2, 0.25) is 0 Å². The van der Waals surface area contributed by atoms with E-state index in [4.69, 9.17) is 4.74 Å². The third-order valence-electron chi connectivity index (χ3n) is 5.18. The van der Waals surface area contributed by atoms with Crippen molar-refractivity contribution >= 4 is 17.3 Å². The summed E-state index contributed by atoms with van der Waals surface area (Å²) >= 11 is 0. The zero-order chi connectivity index (χ0) is 20.7. The lowest BCUT2D eigenvalue weighted by Crippen LogP contribution is -2.36. The Bertz CT molecular complexity index is 1100. The minimum absolute atomic E-state index is 0.164. The summed E-state index contributed by atoms with van der Waals surface area (Å²) in [6.45, 7) is 5.81. The molecule has 3 aromatic rings. The molecule has 0 atom stereocenters. The molecule has 29 heavy (non-hydrogen) atoms. The molecule has 0 amide bonds. The quantitative estimate of drug-likeness (QED) is 0.629. The van der Waals surface area contributed by atoms with E-state index in [1.807, 2.05) is 6.07 Å². The van der Waals surface area contributed by atoms with E-state index in [-0.39, 0.29) is 5.56 Å². The Balaban J connectivity index is 1.95. The van der Waals surface area contributed by atoms with Crippen LogP contribution in [0.15, 0.2) is 24.4 Å². The molecule has 8 heteroatoms. The fourth-order valence-electron chi connectivity index (χ4n) is 3.65. The van der Waals surface area contributed by atoms with E-state index < -0.39 is 17.7 Å². The molecular formula is C21H21F2N3O3. The van der Waals surface area contributed by atoms with Gasteiger partial charge in [0.2, 0.25) is 5.95 Å². The predicted octanol–water partition coefficient (Wildman–Crippen LogP) is 3.52. The van der Waals surface area contributed by atoms with Crippen LogP contribution in [-0.4, -0.2) is 48.8 Å². The van der Waals surface area contributed by atoms with Gasteiger partial charge in [0.15, 0.2) is 5.65 Å². The van der Waals surface area contributed by atoms with Crippen molar-refractivity contribution in [1.29, 1.82) is 0 Å².